The van der Waals surface area contributed by atoms with Gasteiger partial charge in [0.15, 0.2) is 0 Å². The number of likely N-dealkylation sites (tertiary alicyclic amines) is 1. The summed E-state index contributed by atoms with van der Waals surface area (Å²) in [7, 11) is 0. The Kier molecular flexibility index (Phi) is 6.03. The van der Waals surface area contributed by atoms with Crippen LogP contribution in [0, 0.1) is 5.92 Å². The summed E-state index contributed by atoms with van der Waals surface area (Å²) in [4.78, 5) is 18.7. The van der Waals surface area contributed by atoms with E-state index < -0.39 is 0 Å². The number of amides is 1. The molecule has 2 rings (SSSR count). The van der Waals surface area contributed by atoms with Crippen LogP contribution in [-0.2, 0) is 4.79 Å². The van der Waals surface area contributed by atoms with Crippen molar-refractivity contribution in [3.8, 4) is 5.88 Å². The molecule has 4 nitrogen and oxygen atoms in total. The van der Waals surface area contributed by atoms with Crippen molar-refractivity contribution in [2.24, 2.45) is 5.92 Å². The van der Waals surface area contributed by atoms with Crippen molar-refractivity contribution in [3.63, 3.8) is 0 Å². The SMILES string of the molecule is CCCC(CCC)C(=O)N1CCC(Oc2ccccn2)C1. The molecule has 1 saturated heterocycles. The third-order valence-electron chi connectivity index (χ3n) is 4.01. The number of ether oxygens (including phenoxy) is 1. The van der Waals surface area contributed by atoms with E-state index in [-0.39, 0.29) is 12.0 Å². The lowest BCUT2D eigenvalue weighted by molar-refractivity contribution is -0.135. The predicted octanol–water partition coefficient (Wildman–Crippen LogP) is 3.28. The van der Waals surface area contributed by atoms with E-state index >= 15 is 0 Å². The summed E-state index contributed by atoms with van der Waals surface area (Å²) in [5, 5.41) is 0. The van der Waals surface area contributed by atoms with Gasteiger partial charge in [0.25, 0.3) is 0 Å². The van der Waals surface area contributed by atoms with Crippen LogP contribution in [0.15, 0.2) is 24.4 Å². The van der Waals surface area contributed by atoms with Gasteiger partial charge in [-0.2, -0.15) is 0 Å². The summed E-state index contributed by atoms with van der Waals surface area (Å²) in [5.41, 5.74) is 0. The van der Waals surface area contributed by atoms with Crippen molar-refractivity contribution >= 4 is 5.91 Å². The fourth-order valence-corrected chi connectivity index (χ4v) is 2.96. The molecule has 1 amide bonds. The van der Waals surface area contributed by atoms with E-state index in [1.165, 1.54) is 0 Å². The molecule has 2 heterocycles. The molecule has 0 aromatic carbocycles. The van der Waals surface area contributed by atoms with E-state index in [1.807, 2.05) is 23.1 Å². The first-order valence-electron chi connectivity index (χ1n) is 8.11. The Morgan fingerprint density at radius 1 is 1.38 bits per heavy atom. The maximum Gasteiger partial charge on any atom is 0.225 e. The monoisotopic (exact) mass is 290 g/mol. The first-order chi connectivity index (χ1) is 10.2. The lowest BCUT2D eigenvalue weighted by Crippen LogP contribution is -2.35. The molecular weight excluding hydrogens is 264 g/mol. The lowest BCUT2D eigenvalue weighted by atomic mass is 9.97. The van der Waals surface area contributed by atoms with Gasteiger partial charge in [0.2, 0.25) is 11.8 Å². The zero-order chi connectivity index (χ0) is 15.1. The zero-order valence-electron chi connectivity index (χ0n) is 13.1. The van der Waals surface area contributed by atoms with Crippen LogP contribution in [0.25, 0.3) is 0 Å². The molecule has 1 fully saturated rings. The number of nitrogens with zero attached hydrogens (tertiary/aromatic N) is 2. The van der Waals surface area contributed by atoms with Gasteiger partial charge in [0.1, 0.15) is 6.10 Å². The molecule has 1 aliphatic heterocycles. The molecular formula is C17H26N2O2. The highest BCUT2D eigenvalue weighted by molar-refractivity contribution is 5.79. The Balaban J connectivity index is 1.87. The number of aromatic nitrogens is 1. The van der Waals surface area contributed by atoms with Crippen LogP contribution in [0.1, 0.15) is 46.0 Å². The average molecular weight is 290 g/mol. The van der Waals surface area contributed by atoms with Crippen LogP contribution in [0.3, 0.4) is 0 Å². The van der Waals surface area contributed by atoms with Crippen LogP contribution < -0.4 is 4.74 Å². The number of carbonyl (C=O) groups excluding carboxylic acids is 1. The Hall–Kier alpha value is -1.58. The van der Waals surface area contributed by atoms with Crippen LogP contribution >= 0.6 is 0 Å². The van der Waals surface area contributed by atoms with Crippen LogP contribution in [0.5, 0.6) is 5.88 Å². The molecule has 1 aliphatic rings. The molecule has 4 heteroatoms. The summed E-state index contributed by atoms with van der Waals surface area (Å²) in [6.45, 7) is 5.79. The molecule has 116 valence electrons. The molecule has 1 aromatic rings. The van der Waals surface area contributed by atoms with Gasteiger partial charge < -0.3 is 9.64 Å². The normalized spacial score (nSPS) is 18.2. The van der Waals surface area contributed by atoms with Crippen molar-refractivity contribution in [1.82, 2.24) is 9.88 Å². The van der Waals surface area contributed by atoms with Gasteiger partial charge in [0.05, 0.1) is 6.54 Å². The molecule has 0 saturated carbocycles. The van der Waals surface area contributed by atoms with E-state index in [4.69, 9.17) is 4.74 Å². The summed E-state index contributed by atoms with van der Waals surface area (Å²) in [6.07, 6.45) is 6.83. The summed E-state index contributed by atoms with van der Waals surface area (Å²) in [5.74, 6) is 1.15. The fourth-order valence-electron chi connectivity index (χ4n) is 2.96. The second kappa shape index (κ2) is 8.01. The lowest BCUT2D eigenvalue weighted by Gasteiger charge is -2.23. The fraction of sp³-hybridized carbons (Fsp3) is 0.647. The number of rotatable bonds is 7. The Morgan fingerprint density at radius 2 is 2.14 bits per heavy atom. The molecule has 0 aliphatic carbocycles. The largest absolute Gasteiger partial charge is 0.472 e. The van der Waals surface area contributed by atoms with E-state index in [2.05, 4.69) is 18.8 Å². The predicted molar refractivity (Wildman–Crippen MR) is 83.2 cm³/mol. The van der Waals surface area contributed by atoms with Gasteiger partial charge in [-0.3, -0.25) is 4.79 Å². The van der Waals surface area contributed by atoms with Crippen molar-refractivity contribution in [2.45, 2.75) is 52.1 Å². The minimum atomic E-state index is 0.0766. The summed E-state index contributed by atoms with van der Waals surface area (Å²) < 4.78 is 5.85. The van der Waals surface area contributed by atoms with Crippen molar-refractivity contribution in [2.75, 3.05) is 13.1 Å². The summed E-state index contributed by atoms with van der Waals surface area (Å²) in [6, 6.07) is 5.65. The highest BCUT2D eigenvalue weighted by Crippen LogP contribution is 2.22. The maximum atomic E-state index is 12.6. The van der Waals surface area contributed by atoms with E-state index in [1.54, 1.807) is 6.20 Å². The minimum Gasteiger partial charge on any atom is -0.472 e. The van der Waals surface area contributed by atoms with E-state index in [9.17, 15) is 4.79 Å². The molecule has 1 unspecified atom stereocenters. The highest BCUT2D eigenvalue weighted by Gasteiger charge is 2.31. The molecule has 1 atom stereocenters. The maximum absolute atomic E-state index is 12.6. The van der Waals surface area contributed by atoms with Gasteiger partial charge >= 0.3 is 0 Å². The number of hydrogen-bond acceptors (Lipinski definition) is 3. The molecule has 0 radical (unpaired) electrons. The Bertz CT molecular complexity index is 430. The number of carbonyl (C=O) groups is 1. The van der Waals surface area contributed by atoms with Crippen molar-refractivity contribution in [1.29, 1.82) is 0 Å². The number of pyridine rings is 1. The van der Waals surface area contributed by atoms with Crippen molar-refractivity contribution < 1.29 is 9.53 Å². The Labute approximate surface area is 127 Å². The Morgan fingerprint density at radius 3 is 2.76 bits per heavy atom. The second-order valence-corrected chi connectivity index (χ2v) is 5.76. The van der Waals surface area contributed by atoms with Gasteiger partial charge in [-0.1, -0.05) is 32.8 Å². The van der Waals surface area contributed by atoms with Gasteiger partial charge in [0, 0.05) is 31.1 Å². The van der Waals surface area contributed by atoms with Gasteiger partial charge in [-0.25, -0.2) is 4.98 Å². The van der Waals surface area contributed by atoms with Crippen LogP contribution in [-0.4, -0.2) is 35.0 Å². The topological polar surface area (TPSA) is 42.4 Å². The average Bonchev–Trinajstić information content (AvgIpc) is 2.96. The van der Waals surface area contributed by atoms with E-state index in [0.717, 1.165) is 38.6 Å². The first-order valence-corrected chi connectivity index (χ1v) is 8.11. The standard InChI is InChI=1S/C17H26N2O2/c1-3-7-14(8-4-2)17(20)19-12-10-15(13-19)21-16-9-5-6-11-18-16/h5-6,9,11,14-15H,3-4,7-8,10,12-13H2,1-2H3. The quantitative estimate of drug-likeness (QED) is 0.774. The van der Waals surface area contributed by atoms with Gasteiger partial charge in [-0.05, 0) is 18.9 Å². The van der Waals surface area contributed by atoms with Gasteiger partial charge in [-0.15, -0.1) is 0 Å². The highest BCUT2D eigenvalue weighted by atomic mass is 16.5. The van der Waals surface area contributed by atoms with E-state index in [0.29, 0.717) is 18.3 Å². The minimum absolute atomic E-state index is 0.0766. The molecule has 0 spiro atoms. The summed E-state index contributed by atoms with van der Waals surface area (Å²) >= 11 is 0. The van der Waals surface area contributed by atoms with Crippen LogP contribution in [0.2, 0.25) is 0 Å². The molecule has 1 aromatic heterocycles. The molecule has 0 bridgehead atoms. The molecule has 0 N–H and O–H groups in total. The number of hydrogen-bond donors (Lipinski definition) is 0. The third-order valence-corrected chi connectivity index (χ3v) is 4.01. The molecule has 21 heavy (non-hydrogen) atoms. The smallest absolute Gasteiger partial charge is 0.225 e. The zero-order valence-corrected chi connectivity index (χ0v) is 13.1. The van der Waals surface area contributed by atoms with Crippen molar-refractivity contribution in [3.05, 3.63) is 24.4 Å². The third kappa shape index (κ3) is 4.45. The van der Waals surface area contributed by atoms with Crippen LogP contribution in [0.4, 0.5) is 0 Å². The second-order valence-electron chi connectivity index (χ2n) is 5.76. The first kappa shape index (κ1) is 15.8.